The summed E-state index contributed by atoms with van der Waals surface area (Å²) >= 11 is 2.85. The molecule has 1 aliphatic heterocycles. The zero-order valence-corrected chi connectivity index (χ0v) is 20.5. The van der Waals surface area contributed by atoms with Gasteiger partial charge in [0.2, 0.25) is 0 Å². The van der Waals surface area contributed by atoms with E-state index in [0.717, 1.165) is 23.9 Å². The van der Waals surface area contributed by atoms with Crippen LogP contribution in [0.5, 0.6) is 5.75 Å². The second-order valence-electron chi connectivity index (χ2n) is 8.40. The van der Waals surface area contributed by atoms with Gasteiger partial charge in [-0.05, 0) is 61.0 Å². The van der Waals surface area contributed by atoms with Gasteiger partial charge in [0.05, 0.1) is 22.8 Å². The number of ketones is 1. The number of nitrogens with zero attached hydrogens (tertiary/aromatic N) is 2. The topological polar surface area (TPSA) is 79.7 Å². The number of carboxylic acids is 1. The Morgan fingerprint density at radius 2 is 2.18 bits per heavy atom. The fourth-order valence-corrected chi connectivity index (χ4v) is 6.41. The first-order valence-electron chi connectivity index (χ1n) is 11.2. The largest absolute Gasteiger partial charge is 0.497 e. The number of aromatic nitrogens is 1. The van der Waals surface area contributed by atoms with Crippen molar-refractivity contribution in [3.05, 3.63) is 53.3 Å². The summed E-state index contributed by atoms with van der Waals surface area (Å²) in [5.74, 6) is -0.220. The van der Waals surface area contributed by atoms with Crippen molar-refractivity contribution in [3.63, 3.8) is 0 Å². The van der Waals surface area contributed by atoms with Crippen LogP contribution in [0.15, 0.2) is 46.1 Å². The van der Waals surface area contributed by atoms with E-state index in [9.17, 15) is 19.1 Å². The summed E-state index contributed by atoms with van der Waals surface area (Å²) < 4.78 is 19.6. The highest BCUT2D eigenvalue weighted by molar-refractivity contribution is 8.01. The van der Waals surface area contributed by atoms with E-state index >= 15 is 0 Å². The molecular formula is C25H27FN2O4S2. The summed E-state index contributed by atoms with van der Waals surface area (Å²) in [6.07, 6.45) is 3.18. The third-order valence-electron chi connectivity index (χ3n) is 6.37. The van der Waals surface area contributed by atoms with Crippen LogP contribution in [0.3, 0.4) is 0 Å². The van der Waals surface area contributed by atoms with E-state index in [-0.39, 0.29) is 23.9 Å². The maximum absolute atomic E-state index is 13.6. The number of thiophene rings is 1. The van der Waals surface area contributed by atoms with Crippen molar-refractivity contribution >= 4 is 45.8 Å². The number of ether oxygens (including phenoxy) is 1. The predicted octanol–water partition coefficient (Wildman–Crippen LogP) is 5.22. The van der Waals surface area contributed by atoms with Gasteiger partial charge in [-0.3, -0.25) is 14.6 Å². The SMILES string of the molecule is COc1ccc2nccc(C(=O)CC[C@H]3CCN(CCSc4sccc4F)C[C@H]3C(=O)O)c2c1. The van der Waals surface area contributed by atoms with Crippen LogP contribution in [-0.4, -0.2) is 59.2 Å². The molecule has 180 valence electrons. The highest BCUT2D eigenvalue weighted by Crippen LogP contribution is 2.31. The van der Waals surface area contributed by atoms with Crippen LogP contribution in [0.4, 0.5) is 4.39 Å². The monoisotopic (exact) mass is 502 g/mol. The van der Waals surface area contributed by atoms with E-state index in [1.54, 1.807) is 24.8 Å². The fraction of sp³-hybridized carbons (Fsp3) is 0.400. The van der Waals surface area contributed by atoms with Crippen molar-refractivity contribution in [2.24, 2.45) is 11.8 Å². The third-order valence-corrected chi connectivity index (χ3v) is 8.54. The number of rotatable bonds is 10. The molecule has 1 aliphatic rings. The lowest BCUT2D eigenvalue weighted by Gasteiger charge is -2.36. The van der Waals surface area contributed by atoms with E-state index < -0.39 is 11.9 Å². The Hall–Kier alpha value is -2.49. The van der Waals surface area contributed by atoms with Gasteiger partial charge in [0.1, 0.15) is 11.6 Å². The Bertz CT molecular complexity index is 1170. The minimum Gasteiger partial charge on any atom is -0.497 e. The lowest BCUT2D eigenvalue weighted by Crippen LogP contribution is -2.44. The van der Waals surface area contributed by atoms with Gasteiger partial charge in [-0.15, -0.1) is 23.1 Å². The third kappa shape index (κ3) is 5.76. The number of pyridine rings is 1. The molecule has 0 bridgehead atoms. The van der Waals surface area contributed by atoms with E-state index in [1.165, 1.54) is 29.2 Å². The van der Waals surface area contributed by atoms with Crippen molar-refractivity contribution < 1.29 is 23.8 Å². The number of halogens is 1. The maximum atomic E-state index is 13.6. The van der Waals surface area contributed by atoms with Crippen LogP contribution in [0.1, 0.15) is 29.6 Å². The van der Waals surface area contributed by atoms with Crippen molar-refractivity contribution in [2.75, 3.05) is 32.5 Å². The molecule has 9 heteroatoms. The lowest BCUT2D eigenvalue weighted by atomic mass is 9.81. The van der Waals surface area contributed by atoms with E-state index in [4.69, 9.17) is 4.74 Å². The van der Waals surface area contributed by atoms with Crippen molar-refractivity contribution in [2.45, 2.75) is 23.5 Å². The Kier molecular flexibility index (Phi) is 8.18. The number of carbonyl (C=O) groups is 2. The van der Waals surface area contributed by atoms with Gasteiger partial charge in [0.15, 0.2) is 5.78 Å². The smallest absolute Gasteiger partial charge is 0.308 e. The van der Waals surface area contributed by atoms with Crippen LogP contribution in [-0.2, 0) is 4.79 Å². The molecule has 1 saturated heterocycles. The summed E-state index contributed by atoms with van der Waals surface area (Å²) in [7, 11) is 1.58. The molecular weight excluding hydrogens is 475 g/mol. The summed E-state index contributed by atoms with van der Waals surface area (Å²) in [4.78, 5) is 31.5. The Labute approximate surface area is 206 Å². The quantitative estimate of drug-likeness (QED) is 0.301. The van der Waals surface area contributed by atoms with E-state index in [1.807, 2.05) is 18.2 Å². The van der Waals surface area contributed by atoms with Crippen molar-refractivity contribution in [3.8, 4) is 5.75 Å². The number of fused-ring (bicyclic) bond motifs is 1. The number of aliphatic carboxylic acids is 1. The lowest BCUT2D eigenvalue weighted by molar-refractivity contribution is -0.146. The van der Waals surface area contributed by atoms with Gasteiger partial charge in [-0.2, -0.15) is 0 Å². The summed E-state index contributed by atoms with van der Waals surface area (Å²) in [6, 6.07) is 8.63. The molecule has 1 fully saturated rings. The number of thioether (sulfide) groups is 1. The molecule has 2 aromatic heterocycles. The second-order valence-corrected chi connectivity index (χ2v) is 10.7. The maximum Gasteiger partial charge on any atom is 0.308 e. The average Bonchev–Trinajstić information content (AvgIpc) is 3.26. The highest BCUT2D eigenvalue weighted by Gasteiger charge is 2.34. The average molecular weight is 503 g/mol. The minimum atomic E-state index is -0.821. The number of likely N-dealkylation sites (tertiary alicyclic amines) is 1. The number of piperidine rings is 1. The van der Waals surface area contributed by atoms with Crippen LogP contribution in [0.25, 0.3) is 10.9 Å². The zero-order chi connectivity index (χ0) is 24.1. The van der Waals surface area contributed by atoms with Crippen molar-refractivity contribution in [1.82, 2.24) is 9.88 Å². The number of carboxylic acid groups (broad SMARTS) is 1. The second kappa shape index (κ2) is 11.3. The molecule has 1 N–H and O–H groups in total. The van der Waals surface area contributed by atoms with Gasteiger partial charge in [-0.1, -0.05) is 0 Å². The standard InChI is InChI=1S/C25H27FN2O4S2/c1-32-17-3-4-22-19(14-17)18(6-9-27-22)23(29)5-2-16-7-10-28(15-20(16)24(30)31)11-13-34-25-21(26)8-12-33-25/h3-4,6,8-9,12,14,16,20H,2,5,7,10-11,13,15H2,1H3,(H,30,31)/t16-,20+/m0/s1. The zero-order valence-electron chi connectivity index (χ0n) is 18.9. The molecule has 3 heterocycles. The molecule has 0 aliphatic carbocycles. The number of Topliss-reactive ketones (excluding diaryl/α,β-unsaturated/α-hetero) is 1. The van der Waals surface area contributed by atoms with E-state index in [0.29, 0.717) is 40.8 Å². The van der Waals surface area contributed by atoms with Crippen molar-refractivity contribution in [1.29, 1.82) is 0 Å². The minimum absolute atomic E-state index is 0.0124. The molecule has 0 radical (unpaired) electrons. The van der Waals surface area contributed by atoms with Gasteiger partial charge < -0.3 is 14.7 Å². The first-order chi connectivity index (χ1) is 16.5. The highest BCUT2D eigenvalue weighted by atomic mass is 32.2. The van der Waals surface area contributed by atoms with Gasteiger partial charge in [0.25, 0.3) is 0 Å². The molecule has 0 saturated carbocycles. The van der Waals surface area contributed by atoms with Crippen LogP contribution in [0.2, 0.25) is 0 Å². The number of hydrogen-bond donors (Lipinski definition) is 1. The molecule has 34 heavy (non-hydrogen) atoms. The summed E-state index contributed by atoms with van der Waals surface area (Å²) in [5, 5.41) is 12.3. The summed E-state index contributed by atoms with van der Waals surface area (Å²) in [6.45, 7) is 1.95. The molecule has 0 amide bonds. The Morgan fingerprint density at radius 1 is 1.32 bits per heavy atom. The first kappa shape index (κ1) is 24.6. The number of carbonyl (C=O) groups excluding carboxylic acids is 1. The van der Waals surface area contributed by atoms with Gasteiger partial charge in [-0.25, -0.2) is 4.39 Å². The molecule has 0 unspecified atom stereocenters. The van der Waals surface area contributed by atoms with Gasteiger partial charge in [0, 0.05) is 42.4 Å². The van der Waals surface area contributed by atoms with Crippen LogP contribution < -0.4 is 4.74 Å². The number of benzene rings is 1. The van der Waals surface area contributed by atoms with Crippen LogP contribution in [0, 0.1) is 17.7 Å². The normalized spacial score (nSPS) is 18.8. The van der Waals surface area contributed by atoms with Gasteiger partial charge >= 0.3 is 5.97 Å². The molecule has 1 aromatic carbocycles. The Morgan fingerprint density at radius 3 is 2.91 bits per heavy atom. The number of methoxy groups -OCH3 is 1. The molecule has 2 atom stereocenters. The molecule has 6 nitrogen and oxygen atoms in total. The van der Waals surface area contributed by atoms with Crippen LogP contribution >= 0.6 is 23.1 Å². The molecule has 0 spiro atoms. The predicted molar refractivity (Wildman–Crippen MR) is 133 cm³/mol. The van der Waals surface area contributed by atoms with E-state index in [2.05, 4.69) is 9.88 Å². The first-order valence-corrected chi connectivity index (χ1v) is 13.1. The molecule has 4 rings (SSSR count). The summed E-state index contributed by atoms with van der Waals surface area (Å²) in [5.41, 5.74) is 1.31. The number of hydrogen-bond acceptors (Lipinski definition) is 7. The molecule has 3 aromatic rings. The fourth-order valence-electron chi connectivity index (χ4n) is 4.49. The Balaban J connectivity index is 1.34.